The number of likely N-dealkylation sites (tertiary alicyclic amines) is 1. The second-order valence-electron chi connectivity index (χ2n) is 5.62. The van der Waals surface area contributed by atoms with E-state index in [4.69, 9.17) is 9.47 Å². The molecule has 0 bridgehead atoms. The number of nitrogens with one attached hydrogen (secondary N) is 1. The molecule has 1 aromatic rings. The summed E-state index contributed by atoms with van der Waals surface area (Å²) in [6.07, 6.45) is 3.37. The van der Waals surface area contributed by atoms with Crippen LogP contribution in [0.5, 0.6) is 5.88 Å². The van der Waals surface area contributed by atoms with Crippen molar-refractivity contribution in [2.45, 2.75) is 26.3 Å². The Labute approximate surface area is 166 Å². The van der Waals surface area contributed by atoms with E-state index in [1.807, 2.05) is 19.1 Å². The van der Waals surface area contributed by atoms with Crippen LogP contribution < -0.4 is 10.1 Å². The van der Waals surface area contributed by atoms with Crippen molar-refractivity contribution in [1.29, 1.82) is 0 Å². The number of carbonyl (C=O) groups excluding carboxylic acids is 1. The summed E-state index contributed by atoms with van der Waals surface area (Å²) in [5.41, 5.74) is 1.05. The summed E-state index contributed by atoms with van der Waals surface area (Å²) in [4.78, 5) is 22.5. The molecule has 2 rings (SSSR count). The van der Waals surface area contributed by atoms with E-state index in [9.17, 15) is 4.79 Å². The summed E-state index contributed by atoms with van der Waals surface area (Å²) in [5.74, 6) is 1.37. The normalized spacial score (nSPS) is 15.3. The van der Waals surface area contributed by atoms with Gasteiger partial charge in [-0.2, -0.15) is 0 Å². The fourth-order valence-electron chi connectivity index (χ4n) is 2.74. The molecular weight excluding hydrogens is 435 g/mol. The van der Waals surface area contributed by atoms with Gasteiger partial charge in [-0.25, -0.2) is 4.98 Å². The van der Waals surface area contributed by atoms with Crippen LogP contribution in [-0.2, 0) is 16.1 Å². The first-order chi connectivity index (χ1) is 11.7. The number of methoxy groups -OCH3 is 1. The summed E-state index contributed by atoms with van der Waals surface area (Å²) in [5, 5.41) is 3.34. The molecule has 1 aliphatic rings. The van der Waals surface area contributed by atoms with Crippen molar-refractivity contribution < 1.29 is 14.3 Å². The lowest BCUT2D eigenvalue weighted by atomic mass is 9.97. The highest BCUT2D eigenvalue weighted by atomic mass is 127. The third-order valence-corrected chi connectivity index (χ3v) is 4.08. The number of pyridine rings is 1. The maximum atomic E-state index is 11.8. The van der Waals surface area contributed by atoms with Gasteiger partial charge in [-0.1, -0.05) is 6.07 Å². The van der Waals surface area contributed by atoms with Gasteiger partial charge in [0.2, 0.25) is 5.88 Å². The summed E-state index contributed by atoms with van der Waals surface area (Å²) in [6.45, 7) is 4.51. The highest BCUT2D eigenvalue weighted by Crippen LogP contribution is 2.18. The molecule has 140 valence electrons. The van der Waals surface area contributed by atoms with Gasteiger partial charge in [0.25, 0.3) is 0 Å². The number of carbonyl (C=O) groups is 1. The van der Waals surface area contributed by atoms with E-state index in [0.29, 0.717) is 19.0 Å². The van der Waals surface area contributed by atoms with Gasteiger partial charge in [-0.15, -0.1) is 24.0 Å². The summed E-state index contributed by atoms with van der Waals surface area (Å²) in [7, 11) is 3.37. The number of aromatic nitrogens is 1. The average Bonchev–Trinajstić information content (AvgIpc) is 2.63. The second-order valence-corrected chi connectivity index (χ2v) is 5.62. The number of guanidine groups is 1. The first-order valence-corrected chi connectivity index (χ1v) is 8.29. The fourth-order valence-corrected chi connectivity index (χ4v) is 2.74. The molecule has 1 N–H and O–H groups in total. The molecule has 0 aromatic carbocycles. The zero-order valence-corrected chi connectivity index (χ0v) is 17.4. The predicted molar refractivity (Wildman–Crippen MR) is 107 cm³/mol. The molecule has 0 saturated carbocycles. The van der Waals surface area contributed by atoms with Crippen LogP contribution in [0.2, 0.25) is 0 Å². The van der Waals surface area contributed by atoms with Crippen molar-refractivity contribution in [3.63, 3.8) is 0 Å². The molecule has 0 amide bonds. The van der Waals surface area contributed by atoms with Gasteiger partial charge in [0.15, 0.2) is 5.96 Å². The van der Waals surface area contributed by atoms with E-state index < -0.39 is 0 Å². The second kappa shape index (κ2) is 11.1. The highest BCUT2D eigenvalue weighted by molar-refractivity contribution is 14.0. The lowest BCUT2D eigenvalue weighted by Gasteiger charge is -2.33. The zero-order chi connectivity index (χ0) is 17.4. The highest BCUT2D eigenvalue weighted by Gasteiger charge is 2.27. The van der Waals surface area contributed by atoms with Crippen LogP contribution in [0.25, 0.3) is 0 Å². The Kier molecular flexibility index (Phi) is 9.54. The summed E-state index contributed by atoms with van der Waals surface area (Å²) >= 11 is 0. The molecule has 1 aromatic heterocycles. The standard InChI is InChI=1S/C17H26N4O3.HI/c1-4-24-16(22)14-7-9-21(10-8-14)17(18-2)20-12-13-5-6-15(23-3)19-11-13;/h5-6,11,14H,4,7-10,12H2,1-3H3,(H,18,20);1H. The Morgan fingerprint density at radius 3 is 2.64 bits per heavy atom. The number of nitrogens with zero attached hydrogens (tertiary/aromatic N) is 3. The van der Waals surface area contributed by atoms with E-state index in [-0.39, 0.29) is 35.9 Å². The van der Waals surface area contributed by atoms with Gasteiger partial charge < -0.3 is 19.7 Å². The van der Waals surface area contributed by atoms with Crippen LogP contribution in [0.4, 0.5) is 0 Å². The van der Waals surface area contributed by atoms with E-state index in [2.05, 4.69) is 20.2 Å². The Morgan fingerprint density at radius 1 is 1.40 bits per heavy atom. The molecule has 7 nitrogen and oxygen atoms in total. The lowest BCUT2D eigenvalue weighted by molar-refractivity contribution is -0.149. The molecule has 0 atom stereocenters. The Hall–Kier alpha value is -1.58. The molecule has 8 heteroatoms. The lowest BCUT2D eigenvalue weighted by Crippen LogP contribution is -2.46. The van der Waals surface area contributed by atoms with Crippen molar-refractivity contribution in [3.05, 3.63) is 23.9 Å². The number of piperidine rings is 1. The molecule has 2 heterocycles. The molecule has 25 heavy (non-hydrogen) atoms. The minimum absolute atomic E-state index is 0. The Morgan fingerprint density at radius 2 is 2.12 bits per heavy atom. The third kappa shape index (κ3) is 6.33. The quantitative estimate of drug-likeness (QED) is 0.313. The average molecular weight is 462 g/mol. The molecule has 0 spiro atoms. The van der Waals surface area contributed by atoms with Crippen LogP contribution in [-0.4, -0.2) is 55.7 Å². The molecule has 1 saturated heterocycles. The van der Waals surface area contributed by atoms with Crippen LogP contribution in [0.3, 0.4) is 0 Å². The summed E-state index contributed by atoms with van der Waals surface area (Å²) < 4.78 is 10.2. The zero-order valence-electron chi connectivity index (χ0n) is 15.0. The number of rotatable bonds is 5. The van der Waals surface area contributed by atoms with Crippen molar-refractivity contribution in [2.24, 2.45) is 10.9 Å². The van der Waals surface area contributed by atoms with Gasteiger partial charge in [-0.3, -0.25) is 9.79 Å². The van der Waals surface area contributed by atoms with Crippen LogP contribution >= 0.6 is 24.0 Å². The fraction of sp³-hybridized carbons (Fsp3) is 0.588. The van der Waals surface area contributed by atoms with Gasteiger partial charge in [0, 0.05) is 38.9 Å². The first-order valence-electron chi connectivity index (χ1n) is 8.29. The number of ether oxygens (including phenoxy) is 2. The summed E-state index contributed by atoms with van der Waals surface area (Å²) in [6, 6.07) is 3.81. The Bertz CT molecular complexity index is 558. The van der Waals surface area contributed by atoms with E-state index in [0.717, 1.165) is 37.5 Å². The molecule has 1 aliphatic heterocycles. The van der Waals surface area contributed by atoms with Crippen LogP contribution in [0.15, 0.2) is 23.3 Å². The minimum Gasteiger partial charge on any atom is -0.481 e. The van der Waals surface area contributed by atoms with Gasteiger partial charge in [0.05, 0.1) is 19.6 Å². The van der Waals surface area contributed by atoms with Gasteiger partial charge >= 0.3 is 5.97 Å². The SMILES string of the molecule is CCOC(=O)C1CCN(C(=NC)NCc2ccc(OC)nc2)CC1.I. The molecular formula is C17H27IN4O3. The van der Waals surface area contributed by atoms with Crippen molar-refractivity contribution in [1.82, 2.24) is 15.2 Å². The van der Waals surface area contributed by atoms with E-state index in [1.54, 1.807) is 20.4 Å². The van der Waals surface area contributed by atoms with Gasteiger partial charge in [-0.05, 0) is 25.3 Å². The molecule has 0 radical (unpaired) electrons. The van der Waals surface area contributed by atoms with Gasteiger partial charge in [0.1, 0.15) is 0 Å². The predicted octanol–water partition coefficient (Wildman–Crippen LogP) is 2.06. The topological polar surface area (TPSA) is 76.0 Å². The number of aliphatic imine (C=N–C) groups is 1. The minimum atomic E-state index is -0.0793. The van der Waals surface area contributed by atoms with Crippen molar-refractivity contribution >= 4 is 35.9 Å². The van der Waals surface area contributed by atoms with E-state index in [1.165, 1.54) is 0 Å². The number of esters is 1. The monoisotopic (exact) mass is 462 g/mol. The largest absolute Gasteiger partial charge is 0.481 e. The van der Waals surface area contributed by atoms with Crippen molar-refractivity contribution in [2.75, 3.05) is 33.9 Å². The number of hydrogen-bond donors (Lipinski definition) is 1. The number of halogens is 1. The van der Waals surface area contributed by atoms with E-state index >= 15 is 0 Å². The molecule has 0 unspecified atom stereocenters. The smallest absolute Gasteiger partial charge is 0.309 e. The Balaban J connectivity index is 0.00000312. The maximum absolute atomic E-state index is 11.8. The first kappa shape index (κ1) is 21.5. The molecule has 1 fully saturated rings. The molecule has 0 aliphatic carbocycles. The third-order valence-electron chi connectivity index (χ3n) is 4.08. The number of hydrogen-bond acceptors (Lipinski definition) is 5. The van der Waals surface area contributed by atoms with Crippen molar-refractivity contribution in [3.8, 4) is 5.88 Å². The van der Waals surface area contributed by atoms with Crippen LogP contribution in [0.1, 0.15) is 25.3 Å². The van der Waals surface area contributed by atoms with Crippen LogP contribution in [0, 0.1) is 5.92 Å². The maximum Gasteiger partial charge on any atom is 0.309 e.